The zero-order valence-corrected chi connectivity index (χ0v) is 8.30. The van der Waals surface area contributed by atoms with Crippen molar-refractivity contribution in [3.05, 3.63) is 0 Å². The van der Waals surface area contributed by atoms with Crippen LogP contribution in [0.4, 0.5) is 0 Å². The van der Waals surface area contributed by atoms with Gasteiger partial charge in [-0.25, -0.2) is 4.90 Å². The van der Waals surface area contributed by atoms with Crippen molar-refractivity contribution in [2.45, 2.75) is 32.0 Å². The Morgan fingerprint density at radius 1 is 1.20 bits per heavy atom. The van der Waals surface area contributed by atoms with E-state index >= 15 is 0 Å². The Balaban J connectivity index is 1.91. The minimum atomic E-state index is -0.464. The number of hydrogen-bond acceptors (Lipinski definition) is 4. The minimum Gasteiger partial charge on any atom is -0.370 e. The highest BCUT2D eigenvalue weighted by atomic mass is 16.6. The van der Waals surface area contributed by atoms with E-state index in [9.17, 15) is 14.4 Å². The molecule has 2 aliphatic heterocycles. The van der Waals surface area contributed by atoms with Crippen molar-refractivity contribution < 1.29 is 19.1 Å². The van der Waals surface area contributed by atoms with Gasteiger partial charge in [-0.1, -0.05) is 0 Å². The molecule has 1 aliphatic carbocycles. The molecular formula is C10H11NO4. The van der Waals surface area contributed by atoms with Crippen LogP contribution in [0.1, 0.15) is 19.8 Å². The molecule has 0 spiro atoms. The first-order valence-electron chi connectivity index (χ1n) is 5.13. The van der Waals surface area contributed by atoms with Gasteiger partial charge in [0.15, 0.2) is 0 Å². The standard InChI is InChI=1S/C10H11NO4/c1-4(12)11-9(13)5-2-7-8(15-7)3-6(5)10(11)14/h5-8H,2-3H2,1H3. The summed E-state index contributed by atoms with van der Waals surface area (Å²) in [5.74, 6) is -1.75. The zero-order valence-electron chi connectivity index (χ0n) is 8.30. The van der Waals surface area contributed by atoms with Gasteiger partial charge in [0.2, 0.25) is 17.7 Å². The van der Waals surface area contributed by atoms with E-state index in [4.69, 9.17) is 4.74 Å². The largest absolute Gasteiger partial charge is 0.370 e. The Morgan fingerprint density at radius 3 is 2.07 bits per heavy atom. The lowest BCUT2D eigenvalue weighted by Gasteiger charge is -2.16. The van der Waals surface area contributed by atoms with Crippen LogP contribution in [0.5, 0.6) is 0 Å². The summed E-state index contributed by atoms with van der Waals surface area (Å²) in [4.78, 5) is 35.5. The topological polar surface area (TPSA) is 67.0 Å². The van der Waals surface area contributed by atoms with E-state index in [1.807, 2.05) is 0 Å². The molecule has 2 saturated heterocycles. The fraction of sp³-hybridized carbons (Fsp3) is 0.700. The number of carbonyl (C=O) groups is 3. The Hall–Kier alpha value is -1.23. The lowest BCUT2D eigenvalue weighted by Crippen LogP contribution is -2.35. The molecule has 3 aliphatic rings. The number of imide groups is 3. The summed E-state index contributed by atoms with van der Waals surface area (Å²) < 4.78 is 5.30. The molecular weight excluding hydrogens is 198 g/mol. The van der Waals surface area contributed by atoms with Crippen molar-refractivity contribution in [2.75, 3.05) is 0 Å². The monoisotopic (exact) mass is 209 g/mol. The van der Waals surface area contributed by atoms with Crippen molar-refractivity contribution in [3.63, 3.8) is 0 Å². The molecule has 3 fully saturated rings. The second kappa shape index (κ2) is 2.66. The molecule has 3 rings (SSSR count). The van der Waals surface area contributed by atoms with Gasteiger partial charge in [0.1, 0.15) is 0 Å². The molecule has 5 heteroatoms. The fourth-order valence-electron chi connectivity index (χ4n) is 2.72. The van der Waals surface area contributed by atoms with Crippen molar-refractivity contribution in [3.8, 4) is 0 Å². The quantitative estimate of drug-likeness (QED) is 0.405. The molecule has 1 saturated carbocycles. The molecule has 0 aromatic heterocycles. The molecule has 0 N–H and O–H groups in total. The van der Waals surface area contributed by atoms with E-state index in [0.29, 0.717) is 12.8 Å². The Morgan fingerprint density at radius 2 is 1.67 bits per heavy atom. The minimum absolute atomic E-state index is 0.148. The van der Waals surface area contributed by atoms with Gasteiger partial charge in [-0.2, -0.15) is 0 Å². The summed E-state index contributed by atoms with van der Waals surface area (Å²) in [6.45, 7) is 1.25. The molecule has 4 atom stereocenters. The summed E-state index contributed by atoms with van der Waals surface area (Å²) >= 11 is 0. The maximum absolute atomic E-state index is 11.8. The highest BCUT2D eigenvalue weighted by Crippen LogP contribution is 2.46. The lowest BCUT2D eigenvalue weighted by molar-refractivity contribution is -0.149. The number of ether oxygens (including phenoxy) is 1. The van der Waals surface area contributed by atoms with E-state index < -0.39 is 5.91 Å². The van der Waals surface area contributed by atoms with Crippen molar-refractivity contribution in [1.82, 2.24) is 4.90 Å². The third kappa shape index (κ3) is 1.10. The predicted molar refractivity (Wildman–Crippen MR) is 47.4 cm³/mol. The summed E-state index contributed by atoms with van der Waals surface area (Å²) in [6, 6.07) is 0. The van der Waals surface area contributed by atoms with Gasteiger partial charge >= 0.3 is 0 Å². The molecule has 80 valence electrons. The van der Waals surface area contributed by atoms with Crippen LogP contribution in [0, 0.1) is 11.8 Å². The highest BCUT2D eigenvalue weighted by Gasteiger charge is 2.59. The molecule has 4 unspecified atom stereocenters. The van der Waals surface area contributed by atoms with E-state index in [-0.39, 0.29) is 35.9 Å². The number of hydrogen-bond donors (Lipinski definition) is 0. The van der Waals surface area contributed by atoms with Crippen LogP contribution in [0.3, 0.4) is 0 Å². The van der Waals surface area contributed by atoms with E-state index in [2.05, 4.69) is 0 Å². The van der Waals surface area contributed by atoms with E-state index in [1.54, 1.807) is 0 Å². The average Bonchev–Trinajstić information content (AvgIpc) is 2.87. The van der Waals surface area contributed by atoms with Crippen LogP contribution in [-0.2, 0) is 19.1 Å². The number of rotatable bonds is 0. The summed E-state index contributed by atoms with van der Waals surface area (Å²) in [7, 11) is 0. The number of epoxide rings is 1. The van der Waals surface area contributed by atoms with Gasteiger partial charge in [-0.3, -0.25) is 14.4 Å². The molecule has 0 aromatic rings. The Kier molecular flexibility index (Phi) is 1.60. The predicted octanol–water partition coefficient (Wildman–Crippen LogP) is -0.305. The van der Waals surface area contributed by atoms with Gasteiger partial charge in [-0.05, 0) is 12.8 Å². The van der Waals surface area contributed by atoms with Crippen LogP contribution >= 0.6 is 0 Å². The molecule has 3 amide bonds. The fourth-order valence-corrected chi connectivity index (χ4v) is 2.72. The third-order valence-electron chi connectivity index (χ3n) is 3.54. The number of nitrogens with zero attached hydrogens (tertiary/aromatic N) is 1. The Labute approximate surface area is 86.4 Å². The normalized spacial score (nSPS) is 42.6. The van der Waals surface area contributed by atoms with Crippen molar-refractivity contribution in [2.24, 2.45) is 11.8 Å². The molecule has 0 bridgehead atoms. The summed E-state index contributed by atoms with van der Waals surface area (Å²) in [5.41, 5.74) is 0. The molecule has 2 heterocycles. The maximum Gasteiger partial charge on any atom is 0.240 e. The van der Waals surface area contributed by atoms with Crippen LogP contribution in [0.2, 0.25) is 0 Å². The number of likely N-dealkylation sites (tertiary alicyclic amines) is 1. The Bertz CT molecular complexity index is 350. The second-order valence-electron chi connectivity index (χ2n) is 4.43. The maximum atomic E-state index is 11.8. The van der Waals surface area contributed by atoms with Crippen LogP contribution in [-0.4, -0.2) is 34.8 Å². The summed E-state index contributed by atoms with van der Waals surface area (Å²) in [5, 5.41) is 0. The van der Waals surface area contributed by atoms with E-state index in [0.717, 1.165) is 4.90 Å². The van der Waals surface area contributed by atoms with Crippen LogP contribution < -0.4 is 0 Å². The van der Waals surface area contributed by atoms with Crippen molar-refractivity contribution >= 4 is 17.7 Å². The van der Waals surface area contributed by atoms with Crippen molar-refractivity contribution in [1.29, 1.82) is 0 Å². The SMILES string of the molecule is CC(=O)N1C(=O)C2CC3OC3CC2C1=O. The molecule has 0 aromatic carbocycles. The third-order valence-corrected chi connectivity index (χ3v) is 3.54. The zero-order chi connectivity index (χ0) is 10.7. The van der Waals surface area contributed by atoms with Gasteiger partial charge in [0.25, 0.3) is 0 Å². The summed E-state index contributed by atoms with van der Waals surface area (Å²) in [6.07, 6.45) is 1.50. The number of fused-ring (bicyclic) bond motifs is 2. The van der Waals surface area contributed by atoms with Crippen LogP contribution in [0.25, 0.3) is 0 Å². The average molecular weight is 209 g/mol. The lowest BCUT2D eigenvalue weighted by atomic mass is 9.81. The van der Waals surface area contributed by atoms with Gasteiger partial charge in [-0.15, -0.1) is 0 Å². The van der Waals surface area contributed by atoms with Gasteiger partial charge in [0.05, 0.1) is 24.0 Å². The van der Waals surface area contributed by atoms with Gasteiger partial charge < -0.3 is 4.74 Å². The first kappa shape index (κ1) is 9.03. The van der Waals surface area contributed by atoms with Gasteiger partial charge in [0, 0.05) is 6.92 Å². The first-order valence-corrected chi connectivity index (χ1v) is 5.13. The number of carbonyl (C=O) groups excluding carboxylic acids is 3. The molecule has 15 heavy (non-hydrogen) atoms. The molecule has 5 nitrogen and oxygen atoms in total. The van der Waals surface area contributed by atoms with E-state index in [1.165, 1.54) is 6.92 Å². The molecule has 0 radical (unpaired) electrons. The number of amides is 3. The second-order valence-corrected chi connectivity index (χ2v) is 4.43. The first-order chi connectivity index (χ1) is 7.09. The smallest absolute Gasteiger partial charge is 0.240 e. The highest BCUT2D eigenvalue weighted by molar-refractivity contribution is 6.16. The van der Waals surface area contributed by atoms with Crippen LogP contribution in [0.15, 0.2) is 0 Å².